The summed E-state index contributed by atoms with van der Waals surface area (Å²) in [5, 5.41) is 0. The highest BCUT2D eigenvalue weighted by atomic mass is 19.1. The van der Waals surface area contributed by atoms with Crippen LogP contribution in [0.2, 0.25) is 0 Å². The van der Waals surface area contributed by atoms with Gasteiger partial charge in [0, 0.05) is 19.7 Å². The van der Waals surface area contributed by atoms with Gasteiger partial charge in [-0.3, -0.25) is 4.79 Å². The second-order valence-electron chi connectivity index (χ2n) is 4.55. The van der Waals surface area contributed by atoms with Crippen molar-refractivity contribution in [3.8, 4) is 0 Å². The Balaban J connectivity index is 2.28. The van der Waals surface area contributed by atoms with Crippen LogP contribution in [-0.4, -0.2) is 37.1 Å². The minimum Gasteiger partial charge on any atom is -0.396 e. The highest BCUT2D eigenvalue weighted by molar-refractivity contribution is 5.96. The first kappa shape index (κ1) is 13.7. The zero-order valence-electron chi connectivity index (χ0n) is 10.7. The van der Waals surface area contributed by atoms with E-state index >= 15 is 0 Å². The number of nitrogens with two attached hydrogens (primary N) is 1. The minimum absolute atomic E-state index is 0.0443. The highest BCUT2D eigenvalue weighted by Crippen LogP contribution is 2.30. The molecule has 1 aromatic carbocycles. The molecule has 0 saturated heterocycles. The maximum atomic E-state index is 13.8. The third-order valence-corrected chi connectivity index (χ3v) is 3.12. The van der Waals surface area contributed by atoms with E-state index in [0.29, 0.717) is 13.2 Å². The Morgan fingerprint density at radius 1 is 1.47 bits per heavy atom. The van der Waals surface area contributed by atoms with Crippen LogP contribution >= 0.6 is 0 Å². The molecule has 4 nitrogen and oxygen atoms in total. The quantitative estimate of drug-likeness (QED) is 0.830. The summed E-state index contributed by atoms with van der Waals surface area (Å²) in [5.74, 6) is -2.55. The number of hydrogen-bond acceptors (Lipinski definition) is 3. The predicted molar refractivity (Wildman–Crippen MR) is 66.7 cm³/mol. The third kappa shape index (κ3) is 2.84. The van der Waals surface area contributed by atoms with Crippen LogP contribution in [-0.2, 0) is 4.74 Å². The van der Waals surface area contributed by atoms with Gasteiger partial charge in [-0.2, -0.15) is 0 Å². The topological polar surface area (TPSA) is 55.6 Å². The Morgan fingerprint density at radius 2 is 2.16 bits per heavy atom. The van der Waals surface area contributed by atoms with E-state index in [4.69, 9.17) is 10.5 Å². The molecule has 2 N–H and O–H groups in total. The van der Waals surface area contributed by atoms with Crippen LogP contribution < -0.4 is 5.73 Å². The molecule has 0 aromatic heterocycles. The van der Waals surface area contributed by atoms with Gasteiger partial charge in [0.1, 0.15) is 11.4 Å². The van der Waals surface area contributed by atoms with Crippen LogP contribution in [0.4, 0.5) is 14.5 Å². The molecule has 1 amide bonds. The molecule has 0 heterocycles. The van der Waals surface area contributed by atoms with Gasteiger partial charge in [0.2, 0.25) is 0 Å². The Morgan fingerprint density at radius 3 is 2.74 bits per heavy atom. The molecule has 1 saturated carbocycles. The molecule has 0 aliphatic heterocycles. The van der Waals surface area contributed by atoms with E-state index < -0.39 is 23.1 Å². The van der Waals surface area contributed by atoms with E-state index in [-0.39, 0.29) is 11.7 Å². The molecule has 0 spiro atoms. The van der Waals surface area contributed by atoms with Crippen molar-refractivity contribution < 1.29 is 18.3 Å². The fourth-order valence-corrected chi connectivity index (χ4v) is 1.93. The van der Waals surface area contributed by atoms with Crippen LogP contribution in [0.5, 0.6) is 0 Å². The lowest BCUT2D eigenvalue weighted by Crippen LogP contribution is -2.37. The summed E-state index contributed by atoms with van der Waals surface area (Å²) in [7, 11) is 1.51. The van der Waals surface area contributed by atoms with Gasteiger partial charge >= 0.3 is 0 Å². The van der Waals surface area contributed by atoms with Gasteiger partial charge in [0.15, 0.2) is 5.82 Å². The zero-order chi connectivity index (χ0) is 14.0. The van der Waals surface area contributed by atoms with Gasteiger partial charge in [0.25, 0.3) is 5.91 Å². The Bertz CT molecular complexity index is 490. The molecule has 0 atom stereocenters. The Labute approximate surface area is 110 Å². The summed E-state index contributed by atoms with van der Waals surface area (Å²) in [6, 6.07) is 2.16. The number of halogens is 2. The van der Waals surface area contributed by atoms with Crippen molar-refractivity contribution in [2.45, 2.75) is 18.9 Å². The average molecular weight is 270 g/mol. The average Bonchev–Trinajstić information content (AvgIpc) is 3.19. The number of nitrogens with zero attached hydrogens (tertiary/aromatic N) is 1. The molecule has 2 rings (SSSR count). The van der Waals surface area contributed by atoms with Crippen LogP contribution in [0, 0.1) is 11.6 Å². The summed E-state index contributed by atoms with van der Waals surface area (Å²) in [5.41, 5.74) is 4.57. The molecule has 19 heavy (non-hydrogen) atoms. The number of nitrogen functional groups attached to an aromatic ring is 1. The molecule has 1 fully saturated rings. The van der Waals surface area contributed by atoms with Crippen molar-refractivity contribution in [1.82, 2.24) is 4.90 Å². The van der Waals surface area contributed by atoms with Crippen LogP contribution in [0.15, 0.2) is 12.1 Å². The second kappa shape index (κ2) is 5.52. The summed E-state index contributed by atoms with van der Waals surface area (Å²) in [4.78, 5) is 13.7. The smallest absolute Gasteiger partial charge is 0.260 e. The largest absolute Gasteiger partial charge is 0.396 e. The fourth-order valence-electron chi connectivity index (χ4n) is 1.93. The molecule has 104 valence electrons. The number of anilines is 1. The first-order valence-corrected chi connectivity index (χ1v) is 6.09. The number of amides is 1. The summed E-state index contributed by atoms with van der Waals surface area (Å²) >= 11 is 0. The summed E-state index contributed by atoms with van der Waals surface area (Å²) in [6.45, 7) is 0.640. The lowest BCUT2D eigenvalue weighted by Gasteiger charge is -2.22. The summed E-state index contributed by atoms with van der Waals surface area (Å²) < 4.78 is 32.4. The van der Waals surface area contributed by atoms with Gasteiger partial charge in [-0.25, -0.2) is 8.78 Å². The Hall–Kier alpha value is -1.69. The van der Waals surface area contributed by atoms with Crippen molar-refractivity contribution in [2.24, 2.45) is 0 Å². The third-order valence-electron chi connectivity index (χ3n) is 3.12. The van der Waals surface area contributed by atoms with Crippen molar-refractivity contribution in [3.63, 3.8) is 0 Å². The number of carbonyl (C=O) groups is 1. The SMILES string of the molecule is COCCN(C(=O)c1c(F)ccc(N)c1F)C1CC1. The number of hydrogen-bond donors (Lipinski definition) is 1. The lowest BCUT2D eigenvalue weighted by atomic mass is 10.1. The van der Waals surface area contributed by atoms with E-state index in [1.165, 1.54) is 12.0 Å². The normalized spacial score (nSPS) is 14.5. The molecule has 6 heteroatoms. The second-order valence-corrected chi connectivity index (χ2v) is 4.55. The van der Waals surface area contributed by atoms with Crippen molar-refractivity contribution in [2.75, 3.05) is 26.0 Å². The van der Waals surface area contributed by atoms with Gasteiger partial charge in [-0.05, 0) is 25.0 Å². The molecular weight excluding hydrogens is 254 g/mol. The van der Waals surface area contributed by atoms with E-state index in [2.05, 4.69) is 0 Å². The van der Waals surface area contributed by atoms with Gasteiger partial charge in [-0.15, -0.1) is 0 Å². The maximum absolute atomic E-state index is 13.8. The molecule has 0 bridgehead atoms. The molecular formula is C13H16F2N2O2. The van der Waals surface area contributed by atoms with Crippen molar-refractivity contribution in [3.05, 3.63) is 29.3 Å². The van der Waals surface area contributed by atoms with Crippen molar-refractivity contribution in [1.29, 1.82) is 0 Å². The predicted octanol–water partition coefficient (Wildman–Crippen LogP) is 1.80. The first-order chi connectivity index (χ1) is 9.06. The van der Waals surface area contributed by atoms with Gasteiger partial charge < -0.3 is 15.4 Å². The van der Waals surface area contributed by atoms with Crippen LogP contribution in [0.1, 0.15) is 23.2 Å². The number of ether oxygens (including phenoxy) is 1. The molecule has 1 aliphatic rings. The lowest BCUT2D eigenvalue weighted by molar-refractivity contribution is 0.0670. The number of carbonyl (C=O) groups excluding carboxylic acids is 1. The maximum Gasteiger partial charge on any atom is 0.260 e. The molecule has 0 unspecified atom stereocenters. The standard InChI is InChI=1S/C13H16F2N2O2/c1-19-7-6-17(8-2-3-8)13(18)11-9(14)4-5-10(16)12(11)15/h4-5,8H,2-3,6-7,16H2,1H3. The number of methoxy groups -OCH3 is 1. The molecule has 0 radical (unpaired) electrons. The fraction of sp³-hybridized carbons (Fsp3) is 0.462. The van der Waals surface area contributed by atoms with Crippen LogP contribution in [0.25, 0.3) is 0 Å². The molecule has 1 aromatic rings. The van der Waals surface area contributed by atoms with E-state index in [1.807, 2.05) is 0 Å². The first-order valence-electron chi connectivity index (χ1n) is 6.09. The highest BCUT2D eigenvalue weighted by Gasteiger charge is 2.35. The monoisotopic (exact) mass is 270 g/mol. The minimum atomic E-state index is -0.993. The van der Waals surface area contributed by atoms with Gasteiger partial charge in [0.05, 0.1) is 12.3 Å². The van der Waals surface area contributed by atoms with Crippen LogP contribution in [0.3, 0.4) is 0 Å². The van der Waals surface area contributed by atoms with Gasteiger partial charge in [-0.1, -0.05) is 0 Å². The van der Waals surface area contributed by atoms with E-state index in [1.54, 1.807) is 0 Å². The van der Waals surface area contributed by atoms with Crippen molar-refractivity contribution >= 4 is 11.6 Å². The Kier molecular flexibility index (Phi) is 3.99. The molecule has 1 aliphatic carbocycles. The van der Waals surface area contributed by atoms with E-state index in [0.717, 1.165) is 25.0 Å². The zero-order valence-corrected chi connectivity index (χ0v) is 10.7. The van der Waals surface area contributed by atoms with E-state index in [9.17, 15) is 13.6 Å². The summed E-state index contributed by atoms with van der Waals surface area (Å²) in [6.07, 6.45) is 1.70. The number of rotatable bonds is 5. The number of benzene rings is 1.